The Bertz CT molecular complexity index is 543. The van der Waals surface area contributed by atoms with Crippen molar-refractivity contribution in [3.8, 4) is 0 Å². The lowest BCUT2D eigenvalue weighted by Gasteiger charge is -2.03. The summed E-state index contributed by atoms with van der Waals surface area (Å²) in [5.74, 6) is 0.503. The minimum Gasteiger partial charge on any atom is -0.255 e. The van der Waals surface area contributed by atoms with Gasteiger partial charge in [-0.15, -0.1) is 0 Å². The van der Waals surface area contributed by atoms with Gasteiger partial charge in [0.25, 0.3) is 0 Å². The predicted molar refractivity (Wildman–Crippen MR) is 71.6 cm³/mol. The minimum absolute atomic E-state index is 0.503. The van der Waals surface area contributed by atoms with Gasteiger partial charge < -0.3 is 0 Å². The molecule has 0 aliphatic heterocycles. The van der Waals surface area contributed by atoms with E-state index in [1.54, 1.807) is 6.20 Å². The van der Waals surface area contributed by atoms with Crippen LogP contribution in [-0.2, 0) is 0 Å². The summed E-state index contributed by atoms with van der Waals surface area (Å²) in [6, 6.07) is 7.62. The largest absolute Gasteiger partial charge is 0.255 e. The molecule has 0 saturated heterocycles. The van der Waals surface area contributed by atoms with Crippen LogP contribution >= 0.6 is 0 Å². The molecule has 92 valence electrons. The zero-order valence-corrected chi connectivity index (χ0v) is 10.7. The van der Waals surface area contributed by atoms with Gasteiger partial charge >= 0.3 is 0 Å². The third-order valence-electron chi connectivity index (χ3n) is 2.34. The third kappa shape index (κ3) is 3.10. The molecular weight excluding hydrogens is 226 g/mol. The van der Waals surface area contributed by atoms with Gasteiger partial charge in [-0.25, -0.2) is 15.4 Å². The predicted octanol–water partition coefficient (Wildman–Crippen LogP) is 2.32. The van der Waals surface area contributed by atoms with E-state index < -0.39 is 0 Å². The van der Waals surface area contributed by atoms with E-state index in [-0.39, 0.29) is 0 Å². The lowest BCUT2D eigenvalue weighted by Crippen LogP contribution is -2.04. The second kappa shape index (κ2) is 5.35. The van der Waals surface area contributed by atoms with Crippen LogP contribution in [0.15, 0.2) is 35.6 Å². The van der Waals surface area contributed by atoms with Crippen molar-refractivity contribution in [2.24, 2.45) is 5.10 Å². The van der Waals surface area contributed by atoms with Crippen LogP contribution in [0.4, 0.5) is 5.95 Å². The number of hydrogen-bond donors (Lipinski definition) is 1. The quantitative estimate of drug-likeness (QED) is 0.661. The Hall–Kier alpha value is -2.30. The summed E-state index contributed by atoms with van der Waals surface area (Å²) in [5.41, 5.74) is 6.29. The Kier molecular flexibility index (Phi) is 3.62. The van der Waals surface area contributed by atoms with Crippen molar-refractivity contribution in [2.45, 2.75) is 20.8 Å². The van der Waals surface area contributed by atoms with Gasteiger partial charge in [0.05, 0.1) is 11.4 Å². The highest BCUT2D eigenvalue weighted by atomic mass is 15.4. The fourth-order valence-electron chi connectivity index (χ4n) is 1.54. The van der Waals surface area contributed by atoms with Crippen LogP contribution in [0.25, 0.3) is 0 Å². The smallest absolute Gasteiger partial charge is 0.243 e. The molecule has 2 rings (SSSR count). The van der Waals surface area contributed by atoms with E-state index >= 15 is 0 Å². The van der Waals surface area contributed by atoms with Crippen LogP contribution in [0.3, 0.4) is 0 Å². The van der Waals surface area contributed by atoms with Crippen LogP contribution in [0.5, 0.6) is 0 Å². The lowest BCUT2D eigenvalue weighted by atomic mass is 10.3. The average Bonchev–Trinajstić information content (AvgIpc) is 2.36. The highest BCUT2D eigenvalue weighted by Crippen LogP contribution is 2.04. The Morgan fingerprint density at radius 2 is 1.89 bits per heavy atom. The third-order valence-corrected chi connectivity index (χ3v) is 2.34. The van der Waals surface area contributed by atoms with Gasteiger partial charge in [-0.1, -0.05) is 6.07 Å². The molecule has 0 bridgehead atoms. The number of hydrazone groups is 1. The molecule has 0 unspecified atom stereocenters. The second-order valence-electron chi connectivity index (χ2n) is 4.00. The number of nitrogens with one attached hydrogen (secondary N) is 1. The maximum Gasteiger partial charge on any atom is 0.243 e. The number of pyridine rings is 1. The molecule has 1 N–H and O–H groups in total. The van der Waals surface area contributed by atoms with Crippen molar-refractivity contribution in [1.82, 2.24) is 15.0 Å². The molecule has 2 heterocycles. The van der Waals surface area contributed by atoms with E-state index in [9.17, 15) is 0 Å². The van der Waals surface area contributed by atoms with Gasteiger partial charge in [-0.05, 0) is 39.0 Å². The molecule has 5 heteroatoms. The summed E-state index contributed by atoms with van der Waals surface area (Å²) < 4.78 is 0. The molecule has 0 saturated carbocycles. The average molecular weight is 241 g/mol. The Balaban J connectivity index is 2.15. The molecule has 0 spiro atoms. The maximum absolute atomic E-state index is 4.25. The zero-order chi connectivity index (χ0) is 13.0. The highest BCUT2D eigenvalue weighted by Gasteiger charge is 2.00. The molecule has 0 aliphatic rings. The summed E-state index contributed by atoms with van der Waals surface area (Å²) in [4.78, 5) is 12.7. The molecule has 0 radical (unpaired) electrons. The van der Waals surface area contributed by atoms with Crippen molar-refractivity contribution >= 4 is 11.7 Å². The molecule has 5 nitrogen and oxygen atoms in total. The van der Waals surface area contributed by atoms with E-state index in [1.807, 2.05) is 45.0 Å². The fraction of sp³-hybridized carbons (Fsp3) is 0.231. The molecule has 2 aromatic rings. The topological polar surface area (TPSA) is 63.1 Å². The molecular formula is C13H15N5. The standard InChI is InChI=1S/C13H15N5/c1-9-8-10(2)16-13(15-9)18-17-11(3)12-6-4-5-7-14-12/h4-8H,1-3H3,(H,15,16,18). The van der Waals surface area contributed by atoms with Gasteiger partial charge in [-0.3, -0.25) is 4.98 Å². The highest BCUT2D eigenvalue weighted by molar-refractivity contribution is 5.97. The van der Waals surface area contributed by atoms with Gasteiger partial charge in [0.2, 0.25) is 5.95 Å². The van der Waals surface area contributed by atoms with Crippen LogP contribution in [0, 0.1) is 13.8 Å². The second-order valence-corrected chi connectivity index (χ2v) is 4.00. The first-order valence-electron chi connectivity index (χ1n) is 5.69. The van der Waals surface area contributed by atoms with E-state index in [2.05, 4.69) is 25.5 Å². The van der Waals surface area contributed by atoms with Crippen molar-refractivity contribution < 1.29 is 0 Å². The summed E-state index contributed by atoms with van der Waals surface area (Å²) in [6.45, 7) is 5.74. The van der Waals surface area contributed by atoms with Crippen LogP contribution in [-0.4, -0.2) is 20.7 Å². The summed E-state index contributed by atoms with van der Waals surface area (Å²) in [5, 5.41) is 4.23. The Morgan fingerprint density at radius 3 is 2.50 bits per heavy atom. The molecule has 0 atom stereocenters. The molecule has 0 aliphatic carbocycles. The summed E-state index contributed by atoms with van der Waals surface area (Å²) in [7, 11) is 0. The molecule has 2 aromatic heterocycles. The lowest BCUT2D eigenvalue weighted by molar-refractivity contribution is 1.03. The van der Waals surface area contributed by atoms with E-state index in [4.69, 9.17) is 0 Å². The molecule has 0 fully saturated rings. The summed E-state index contributed by atoms with van der Waals surface area (Å²) in [6.07, 6.45) is 1.74. The number of rotatable bonds is 3. The van der Waals surface area contributed by atoms with Gasteiger partial charge in [0.1, 0.15) is 0 Å². The zero-order valence-electron chi connectivity index (χ0n) is 10.7. The first-order valence-corrected chi connectivity index (χ1v) is 5.69. The number of aromatic nitrogens is 3. The monoisotopic (exact) mass is 241 g/mol. The first-order chi connectivity index (χ1) is 8.65. The fourth-order valence-corrected chi connectivity index (χ4v) is 1.54. The normalized spacial score (nSPS) is 11.4. The van der Waals surface area contributed by atoms with Crippen molar-refractivity contribution in [1.29, 1.82) is 0 Å². The van der Waals surface area contributed by atoms with Crippen molar-refractivity contribution in [3.63, 3.8) is 0 Å². The van der Waals surface area contributed by atoms with Crippen molar-refractivity contribution in [3.05, 3.63) is 47.5 Å². The van der Waals surface area contributed by atoms with E-state index in [0.29, 0.717) is 5.95 Å². The maximum atomic E-state index is 4.25. The SMILES string of the molecule is CC(=NNc1nc(C)cc(C)n1)c1ccccn1. The van der Waals surface area contributed by atoms with Crippen LogP contribution < -0.4 is 5.43 Å². The number of nitrogens with zero attached hydrogens (tertiary/aromatic N) is 4. The molecule has 0 aromatic carbocycles. The van der Waals surface area contributed by atoms with Gasteiger partial charge in [-0.2, -0.15) is 5.10 Å². The van der Waals surface area contributed by atoms with E-state index in [0.717, 1.165) is 22.8 Å². The van der Waals surface area contributed by atoms with Crippen molar-refractivity contribution in [2.75, 3.05) is 5.43 Å². The van der Waals surface area contributed by atoms with Crippen LogP contribution in [0.1, 0.15) is 24.0 Å². The summed E-state index contributed by atoms with van der Waals surface area (Å²) >= 11 is 0. The minimum atomic E-state index is 0.503. The number of aryl methyl sites for hydroxylation is 2. The molecule has 0 amide bonds. The number of hydrogen-bond acceptors (Lipinski definition) is 5. The van der Waals surface area contributed by atoms with Gasteiger partial charge in [0, 0.05) is 17.6 Å². The Labute approximate surface area is 106 Å². The Morgan fingerprint density at radius 1 is 1.17 bits per heavy atom. The van der Waals surface area contributed by atoms with E-state index in [1.165, 1.54) is 0 Å². The van der Waals surface area contributed by atoms with Crippen LogP contribution in [0.2, 0.25) is 0 Å². The molecule has 18 heavy (non-hydrogen) atoms. The van der Waals surface area contributed by atoms with Gasteiger partial charge in [0.15, 0.2) is 0 Å². The number of anilines is 1. The first kappa shape index (κ1) is 12.2.